The van der Waals surface area contributed by atoms with Gasteiger partial charge in [-0.05, 0) is 63.5 Å². The molecule has 0 saturated heterocycles. The maximum Gasteiger partial charge on any atom is 0.251 e. The van der Waals surface area contributed by atoms with Crippen LogP contribution in [-0.4, -0.2) is 29.6 Å². The minimum Gasteiger partial charge on any atom is -0.394 e. The third-order valence-electron chi connectivity index (χ3n) is 4.41. The third-order valence-corrected chi connectivity index (χ3v) is 5.09. The van der Waals surface area contributed by atoms with Crippen molar-refractivity contribution >= 4 is 34.4 Å². The molecule has 3 N–H and O–H groups in total. The minimum absolute atomic E-state index is 0.327. The fraction of sp³-hybridized carbons (Fsp3) is 0.130. The number of nitrogens with one attached hydrogen (secondary N) is 2. The van der Waals surface area contributed by atoms with E-state index in [-0.39, 0.29) is 0 Å². The zero-order valence-corrected chi connectivity index (χ0v) is 17.8. The first kappa shape index (κ1) is 21.0. The Balaban J connectivity index is 1.59. The van der Waals surface area contributed by atoms with Gasteiger partial charge in [0.2, 0.25) is 5.91 Å². The number of amides is 2. The van der Waals surface area contributed by atoms with Crippen molar-refractivity contribution in [2.75, 3.05) is 6.61 Å². The van der Waals surface area contributed by atoms with Crippen LogP contribution in [0, 0.1) is 3.57 Å². The summed E-state index contributed by atoms with van der Waals surface area (Å²) in [4.78, 5) is 24.8. The Morgan fingerprint density at radius 2 is 1.59 bits per heavy atom. The van der Waals surface area contributed by atoms with Crippen molar-refractivity contribution in [2.24, 2.45) is 0 Å². The molecule has 0 bridgehead atoms. The molecule has 29 heavy (non-hydrogen) atoms. The number of halogens is 1. The van der Waals surface area contributed by atoms with Gasteiger partial charge in [-0.15, -0.1) is 0 Å². The Kier molecular flexibility index (Phi) is 7.37. The Labute approximate surface area is 183 Å². The van der Waals surface area contributed by atoms with Gasteiger partial charge in [0.05, 0.1) is 6.61 Å². The summed E-state index contributed by atoms with van der Waals surface area (Å²) in [6.45, 7) is -0.153. The summed E-state index contributed by atoms with van der Waals surface area (Å²) in [6.07, 6.45) is 0. The number of carbonyl (C=O) groups excluding carboxylic acids is 2. The molecule has 0 saturated carbocycles. The van der Waals surface area contributed by atoms with Gasteiger partial charge in [-0.3, -0.25) is 9.59 Å². The lowest BCUT2D eigenvalue weighted by molar-refractivity contribution is -0.124. The second kappa shape index (κ2) is 10.2. The maximum atomic E-state index is 12.5. The van der Waals surface area contributed by atoms with E-state index in [4.69, 9.17) is 0 Å². The predicted octanol–water partition coefficient (Wildman–Crippen LogP) is 3.37. The van der Waals surface area contributed by atoms with Gasteiger partial charge in [-0.2, -0.15) is 0 Å². The zero-order chi connectivity index (χ0) is 20.6. The van der Waals surface area contributed by atoms with Crippen LogP contribution < -0.4 is 10.6 Å². The van der Waals surface area contributed by atoms with Crippen molar-refractivity contribution in [3.63, 3.8) is 0 Å². The standard InChI is InChI=1S/C23H21IN2O3/c24-20-8-4-5-16(13-20)14-25-23(29)21(15-27)26-22(28)19-11-9-18(10-12-19)17-6-2-1-3-7-17/h1-13,21,27H,14-15H2,(H,25,29)(H,26,28)/t21-/m0/s1. The summed E-state index contributed by atoms with van der Waals surface area (Å²) in [5.41, 5.74) is 3.43. The number of hydrogen-bond donors (Lipinski definition) is 3. The van der Waals surface area contributed by atoms with Crippen LogP contribution in [-0.2, 0) is 11.3 Å². The van der Waals surface area contributed by atoms with E-state index >= 15 is 0 Å². The Morgan fingerprint density at radius 1 is 0.897 bits per heavy atom. The maximum absolute atomic E-state index is 12.5. The molecular formula is C23H21IN2O3. The SMILES string of the molecule is O=C(N[C@@H](CO)C(=O)NCc1cccc(I)c1)c1ccc(-c2ccccc2)cc1. The molecule has 148 valence electrons. The topological polar surface area (TPSA) is 78.4 Å². The summed E-state index contributed by atoms with van der Waals surface area (Å²) >= 11 is 2.20. The van der Waals surface area contributed by atoms with Gasteiger partial charge in [0.1, 0.15) is 6.04 Å². The van der Waals surface area contributed by atoms with Crippen molar-refractivity contribution in [3.05, 3.63) is 93.6 Å². The van der Waals surface area contributed by atoms with Gasteiger partial charge < -0.3 is 15.7 Å². The van der Waals surface area contributed by atoms with Crippen LogP contribution in [0.15, 0.2) is 78.9 Å². The van der Waals surface area contributed by atoms with Crippen LogP contribution in [0.25, 0.3) is 11.1 Å². The van der Waals surface area contributed by atoms with E-state index in [2.05, 4.69) is 33.2 Å². The fourth-order valence-corrected chi connectivity index (χ4v) is 3.45. The molecule has 1 atom stereocenters. The van der Waals surface area contributed by atoms with Crippen LogP contribution in [0.4, 0.5) is 0 Å². The molecule has 5 nitrogen and oxygen atoms in total. The lowest BCUT2D eigenvalue weighted by Crippen LogP contribution is -2.48. The van der Waals surface area contributed by atoms with Gasteiger partial charge in [0.25, 0.3) is 5.91 Å². The molecule has 0 heterocycles. The third kappa shape index (κ3) is 5.88. The first-order valence-corrected chi connectivity index (χ1v) is 10.2. The quantitative estimate of drug-likeness (QED) is 0.436. The summed E-state index contributed by atoms with van der Waals surface area (Å²) in [5.74, 6) is -0.839. The van der Waals surface area contributed by atoms with E-state index in [0.29, 0.717) is 12.1 Å². The molecule has 0 fully saturated rings. The van der Waals surface area contributed by atoms with Crippen LogP contribution in [0.3, 0.4) is 0 Å². The first-order chi connectivity index (χ1) is 14.1. The number of hydrogen-bond acceptors (Lipinski definition) is 3. The van der Waals surface area contributed by atoms with Crippen LogP contribution in [0.2, 0.25) is 0 Å². The lowest BCUT2D eigenvalue weighted by Gasteiger charge is -2.16. The van der Waals surface area contributed by atoms with Crippen LogP contribution in [0.1, 0.15) is 15.9 Å². The van der Waals surface area contributed by atoms with Crippen molar-refractivity contribution in [1.82, 2.24) is 10.6 Å². The van der Waals surface area contributed by atoms with E-state index in [0.717, 1.165) is 20.3 Å². The zero-order valence-electron chi connectivity index (χ0n) is 15.6. The van der Waals surface area contributed by atoms with Crippen molar-refractivity contribution in [2.45, 2.75) is 12.6 Å². The molecule has 0 radical (unpaired) electrons. The Morgan fingerprint density at radius 3 is 2.24 bits per heavy atom. The number of rotatable bonds is 7. The van der Waals surface area contributed by atoms with E-state index < -0.39 is 24.5 Å². The van der Waals surface area contributed by atoms with E-state index in [1.807, 2.05) is 66.7 Å². The van der Waals surface area contributed by atoms with Crippen molar-refractivity contribution in [3.8, 4) is 11.1 Å². The smallest absolute Gasteiger partial charge is 0.251 e. The highest BCUT2D eigenvalue weighted by Crippen LogP contribution is 2.19. The van der Waals surface area contributed by atoms with Crippen molar-refractivity contribution in [1.29, 1.82) is 0 Å². The van der Waals surface area contributed by atoms with E-state index in [1.165, 1.54) is 0 Å². The molecule has 0 aliphatic rings. The average Bonchev–Trinajstić information content (AvgIpc) is 2.76. The fourth-order valence-electron chi connectivity index (χ4n) is 2.84. The molecular weight excluding hydrogens is 479 g/mol. The van der Waals surface area contributed by atoms with E-state index in [1.54, 1.807) is 12.1 Å². The number of aliphatic hydroxyl groups excluding tert-OH is 1. The van der Waals surface area contributed by atoms with Crippen LogP contribution >= 0.6 is 22.6 Å². The number of aliphatic hydroxyl groups is 1. The minimum atomic E-state index is -1.01. The summed E-state index contributed by atoms with van der Waals surface area (Å²) in [5, 5.41) is 14.9. The monoisotopic (exact) mass is 500 g/mol. The molecule has 0 aromatic heterocycles. The Hall–Kier alpha value is -2.71. The van der Waals surface area contributed by atoms with Crippen molar-refractivity contribution < 1.29 is 14.7 Å². The lowest BCUT2D eigenvalue weighted by atomic mass is 10.0. The molecule has 3 aromatic rings. The number of benzene rings is 3. The highest BCUT2D eigenvalue weighted by atomic mass is 127. The van der Waals surface area contributed by atoms with Gasteiger partial charge >= 0.3 is 0 Å². The highest BCUT2D eigenvalue weighted by molar-refractivity contribution is 14.1. The summed E-state index contributed by atoms with van der Waals surface area (Å²) in [7, 11) is 0. The summed E-state index contributed by atoms with van der Waals surface area (Å²) in [6, 6.07) is 23.7. The first-order valence-electron chi connectivity index (χ1n) is 9.16. The largest absolute Gasteiger partial charge is 0.394 e. The predicted molar refractivity (Wildman–Crippen MR) is 121 cm³/mol. The molecule has 0 aliphatic carbocycles. The van der Waals surface area contributed by atoms with Gasteiger partial charge in [0, 0.05) is 15.7 Å². The molecule has 3 aromatic carbocycles. The van der Waals surface area contributed by atoms with Gasteiger partial charge in [-0.1, -0.05) is 54.6 Å². The van der Waals surface area contributed by atoms with E-state index in [9.17, 15) is 14.7 Å². The molecule has 0 spiro atoms. The number of carbonyl (C=O) groups is 2. The normalized spacial score (nSPS) is 11.5. The summed E-state index contributed by atoms with van der Waals surface area (Å²) < 4.78 is 1.07. The van der Waals surface area contributed by atoms with Gasteiger partial charge in [-0.25, -0.2) is 0 Å². The second-order valence-corrected chi connectivity index (χ2v) is 7.75. The average molecular weight is 500 g/mol. The molecule has 2 amide bonds. The molecule has 0 aliphatic heterocycles. The molecule has 0 unspecified atom stereocenters. The highest BCUT2D eigenvalue weighted by Gasteiger charge is 2.20. The second-order valence-electron chi connectivity index (χ2n) is 6.50. The Bertz CT molecular complexity index is 975. The molecule has 3 rings (SSSR count). The molecule has 6 heteroatoms. The van der Waals surface area contributed by atoms with Gasteiger partial charge in [0.15, 0.2) is 0 Å². The van der Waals surface area contributed by atoms with Crippen LogP contribution in [0.5, 0.6) is 0 Å².